The van der Waals surface area contributed by atoms with Crippen LogP contribution in [-0.4, -0.2) is 35.9 Å². The third-order valence-corrected chi connectivity index (χ3v) is 5.96. The van der Waals surface area contributed by atoms with Crippen LogP contribution in [0.3, 0.4) is 0 Å². The summed E-state index contributed by atoms with van der Waals surface area (Å²) in [5, 5.41) is 3.58. The molecule has 0 aliphatic heterocycles. The molecule has 0 heterocycles. The molecule has 2 amide bonds. The van der Waals surface area contributed by atoms with Gasteiger partial charge >= 0.3 is 0 Å². The lowest BCUT2D eigenvalue weighted by Gasteiger charge is -2.31. The number of carbonyl (C=O) groups excluding carboxylic acids is 2. The van der Waals surface area contributed by atoms with E-state index in [1.54, 1.807) is 17.0 Å². The van der Waals surface area contributed by atoms with Crippen LogP contribution in [0.1, 0.15) is 45.2 Å². The summed E-state index contributed by atoms with van der Waals surface area (Å²) in [6.45, 7) is 8.75. The second-order valence-electron chi connectivity index (χ2n) is 8.12. The molecule has 0 bridgehead atoms. The van der Waals surface area contributed by atoms with Crippen molar-refractivity contribution in [3.63, 3.8) is 0 Å². The van der Waals surface area contributed by atoms with E-state index in [9.17, 15) is 9.59 Å². The first-order chi connectivity index (χ1) is 15.2. The Kier molecular flexibility index (Phi) is 10.5. The number of aryl methyl sites for hydroxylation is 1. The minimum atomic E-state index is -0.591. The summed E-state index contributed by atoms with van der Waals surface area (Å²) < 4.78 is 6.62. The highest BCUT2D eigenvalue weighted by Crippen LogP contribution is 2.26. The van der Waals surface area contributed by atoms with Gasteiger partial charge in [0.15, 0.2) is 6.61 Å². The molecule has 1 atom stereocenters. The van der Waals surface area contributed by atoms with E-state index in [1.807, 2.05) is 51.1 Å². The molecular weight excluding hydrogens is 492 g/mol. The van der Waals surface area contributed by atoms with E-state index in [0.29, 0.717) is 36.2 Å². The van der Waals surface area contributed by atoms with Crippen LogP contribution in [0.2, 0.25) is 5.02 Å². The summed E-state index contributed by atoms with van der Waals surface area (Å²) in [6, 6.07) is 12.5. The lowest BCUT2D eigenvalue weighted by atomic mass is 10.1. The van der Waals surface area contributed by atoms with Crippen molar-refractivity contribution in [2.45, 2.75) is 53.1 Å². The first-order valence-corrected chi connectivity index (χ1v) is 12.1. The van der Waals surface area contributed by atoms with Crippen LogP contribution < -0.4 is 10.1 Å². The molecule has 2 aromatic rings. The third-order valence-electron chi connectivity index (χ3n) is 5.09. The molecule has 0 spiro atoms. The molecule has 32 heavy (non-hydrogen) atoms. The molecule has 0 fully saturated rings. The molecular formula is C25H32BrClN2O3. The molecule has 7 heteroatoms. The molecule has 0 aromatic heterocycles. The van der Waals surface area contributed by atoms with Crippen molar-refractivity contribution in [2.75, 3.05) is 13.2 Å². The van der Waals surface area contributed by atoms with E-state index in [1.165, 1.54) is 5.56 Å². The normalized spacial score (nSPS) is 11.8. The molecule has 0 aliphatic carbocycles. The van der Waals surface area contributed by atoms with E-state index in [-0.39, 0.29) is 18.4 Å². The van der Waals surface area contributed by atoms with Gasteiger partial charge in [-0.25, -0.2) is 0 Å². The summed E-state index contributed by atoms with van der Waals surface area (Å²) in [5.41, 5.74) is 2.07. The van der Waals surface area contributed by atoms with E-state index in [2.05, 4.69) is 28.2 Å². The molecule has 2 rings (SSSR count). The topological polar surface area (TPSA) is 58.6 Å². The molecule has 2 aromatic carbocycles. The molecule has 0 radical (unpaired) electrons. The summed E-state index contributed by atoms with van der Waals surface area (Å²) in [4.78, 5) is 27.7. The maximum absolute atomic E-state index is 13.2. The Hall–Kier alpha value is -2.05. The second kappa shape index (κ2) is 12.9. The fraction of sp³-hybridized carbons (Fsp3) is 0.440. The van der Waals surface area contributed by atoms with Crippen LogP contribution in [0.15, 0.2) is 46.9 Å². The zero-order valence-electron chi connectivity index (χ0n) is 19.2. The van der Waals surface area contributed by atoms with Crippen molar-refractivity contribution < 1.29 is 14.3 Å². The average molecular weight is 524 g/mol. The number of hydrogen-bond acceptors (Lipinski definition) is 3. The van der Waals surface area contributed by atoms with Gasteiger partial charge in [-0.3, -0.25) is 9.59 Å². The number of hydrogen-bond donors (Lipinski definition) is 1. The second-order valence-corrected chi connectivity index (χ2v) is 9.41. The van der Waals surface area contributed by atoms with Crippen molar-refractivity contribution in [3.05, 3.63) is 63.1 Å². The first-order valence-electron chi connectivity index (χ1n) is 11.0. The summed E-state index contributed by atoms with van der Waals surface area (Å²) in [5.74, 6) is 0.512. The summed E-state index contributed by atoms with van der Waals surface area (Å²) >= 11 is 9.52. The number of nitrogens with zero attached hydrogens (tertiary/aromatic N) is 1. The number of halogens is 2. The van der Waals surface area contributed by atoms with Crippen molar-refractivity contribution >= 4 is 39.3 Å². The quantitative estimate of drug-likeness (QED) is 0.416. The van der Waals surface area contributed by atoms with Gasteiger partial charge in [0.1, 0.15) is 11.8 Å². The smallest absolute Gasteiger partial charge is 0.261 e. The first kappa shape index (κ1) is 26.2. The standard InChI is InChI=1S/C25H32BrClN2O3/c1-5-18-9-12-23(21(26)13-18)32-16-24(30)29(15-19-7-10-20(27)11-8-19)22(6-2)25(31)28-14-17(3)4/h7-13,17,22H,5-6,14-16H2,1-4H3,(H,28,31). The highest BCUT2D eigenvalue weighted by Gasteiger charge is 2.29. The highest BCUT2D eigenvalue weighted by molar-refractivity contribution is 9.10. The fourth-order valence-electron chi connectivity index (χ4n) is 3.23. The molecule has 0 saturated heterocycles. The van der Waals surface area contributed by atoms with Gasteiger partial charge in [0, 0.05) is 18.1 Å². The number of ether oxygens (including phenoxy) is 1. The number of rotatable bonds is 11. The van der Waals surface area contributed by atoms with Gasteiger partial charge in [-0.1, -0.05) is 57.5 Å². The van der Waals surface area contributed by atoms with Gasteiger partial charge in [-0.15, -0.1) is 0 Å². The van der Waals surface area contributed by atoms with Crippen molar-refractivity contribution in [1.29, 1.82) is 0 Å². The van der Waals surface area contributed by atoms with E-state index < -0.39 is 6.04 Å². The maximum Gasteiger partial charge on any atom is 0.261 e. The lowest BCUT2D eigenvalue weighted by molar-refractivity contribution is -0.143. The van der Waals surface area contributed by atoms with Gasteiger partial charge < -0.3 is 15.0 Å². The predicted molar refractivity (Wildman–Crippen MR) is 133 cm³/mol. The Morgan fingerprint density at radius 2 is 1.75 bits per heavy atom. The van der Waals surface area contributed by atoms with Crippen LogP contribution in [0, 0.1) is 5.92 Å². The predicted octanol–water partition coefficient (Wildman–Crippen LogP) is 5.62. The van der Waals surface area contributed by atoms with Crippen LogP contribution in [0.5, 0.6) is 5.75 Å². The van der Waals surface area contributed by atoms with Crippen molar-refractivity contribution in [1.82, 2.24) is 10.2 Å². The minimum absolute atomic E-state index is 0.156. The third kappa shape index (κ3) is 7.82. The molecule has 1 N–H and O–H groups in total. The zero-order valence-corrected chi connectivity index (χ0v) is 21.5. The summed E-state index contributed by atoms with van der Waals surface area (Å²) in [7, 11) is 0. The summed E-state index contributed by atoms with van der Waals surface area (Å²) in [6.07, 6.45) is 1.41. The number of carbonyl (C=O) groups is 2. The van der Waals surface area contributed by atoms with Crippen LogP contribution in [0.25, 0.3) is 0 Å². The Balaban J connectivity index is 2.20. The number of amides is 2. The van der Waals surface area contributed by atoms with Gasteiger partial charge in [0.2, 0.25) is 5.91 Å². The van der Waals surface area contributed by atoms with Crippen LogP contribution in [0.4, 0.5) is 0 Å². The van der Waals surface area contributed by atoms with E-state index in [0.717, 1.165) is 16.5 Å². The van der Waals surface area contributed by atoms with Crippen LogP contribution >= 0.6 is 27.5 Å². The van der Waals surface area contributed by atoms with Gasteiger partial charge in [-0.2, -0.15) is 0 Å². The van der Waals surface area contributed by atoms with Crippen molar-refractivity contribution in [2.24, 2.45) is 5.92 Å². The van der Waals surface area contributed by atoms with E-state index >= 15 is 0 Å². The Morgan fingerprint density at radius 3 is 2.31 bits per heavy atom. The highest BCUT2D eigenvalue weighted by atomic mass is 79.9. The average Bonchev–Trinajstić information content (AvgIpc) is 2.77. The van der Waals surface area contributed by atoms with E-state index in [4.69, 9.17) is 16.3 Å². The Bertz CT molecular complexity index is 903. The SMILES string of the molecule is CCc1ccc(OCC(=O)N(Cc2ccc(Cl)cc2)C(CC)C(=O)NCC(C)C)c(Br)c1. The molecule has 0 saturated carbocycles. The zero-order chi connectivity index (χ0) is 23.7. The largest absolute Gasteiger partial charge is 0.483 e. The van der Waals surface area contributed by atoms with Crippen LogP contribution in [-0.2, 0) is 22.6 Å². The molecule has 0 aliphatic rings. The number of benzene rings is 2. The molecule has 174 valence electrons. The maximum atomic E-state index is 13.2. The van der Waals surface area contributed by atoms with Gasteiger partial charge in [0.25, 0.3) is 5.91 Å². The number of nitrogens with one attached hydrogen (secondary N) is 1. The molecule has 1 unspecified atom stereocenters. The Morgan fingerprint density at radius 1 is 1.09 bits per heavy atom. The lowest BCUT2D eigenvalue weighted by Crippen LogP contribution is -2.50. The van der Waals surface area contributed by atoms with Gasteiger partial charge in [0.05, 0.1) is 4.47 Å². The Labute approximate surface area is 204 Å². The molecule has 5 nitrogen and oxygen atoms in total. The monoisotopic (exact) mass is 522 g/mol. The van der Waals surface area contributed by atoms with Gasteiger partial charge in [-0.05, 0) is 70.1 Å². The minimum Gasteiger partial charge on any atom is -0.483 e. The fourth-order valence-corrected chi connectivity index (χ4v) is 3.90. The van der Waals surface area contributed by atoms with Crippen molar-refractivity contribution in [3.8, 4) is 5.75 Å².